The molecule has 8 nitrogen and oxygen atoms in total. The SMILES string of the molecule is CC(C)(C)C[C@H]1N[C@@H](C(=O)CCCN2CCN(C(=O)CO)CC2)[C@H](c2cccc(Cl)c2)[C@@]12C(=O)Nc1cc(Cl)c(F)cc12.Cl. The van der Waals surface area contributed by atoms with E-state index in [0.29, 0.717) is 61.8 Å². The number of Topliss-reactive ketones (excluding diaryl/α,β-unsaturated/α-hetero) is 1. The van der Waals surface area contributed by atoms with Gasteiger partial charge in [-0.05, 0) is 60.2 Å². The number of hydrogen-bond acceptors (Lipinski definition) is 6. The molecule has 2 aromatic carbocycles. The summed E-state index contributed by atoms with van der Waals surface area (Å²) in [7, 11) is 0. The molecule has 0 radical (unpaired) electrons. The lowest BCUT2D eigenvalue weighted by atomic mass is 9.62. The summed E-state index contributed by atoms with van der Waals surface area (Å²) in [5.41, 5.74) is 0.203. The van der Waals surface area contributed by atoms with Gasteiger partial charge in [-0.2, -0.15) is 0 Å². The Balaban J connectivity index is 0.00000442. The topological polar surface area (TPSA) is 102 Å². The molecule has 2 aromatic rings. The van der Waals surface area contributed by atoms with Crippen molar-refractivity contribution in [2.75, 3.05) is 44.6 Å². The Morgan fingerprint density at radius 3 is 2.45 bits per heavy atom. The third-order valence-electron chi connectivity index (χ3n) is 9.01. The number of halogens is 4. The van der Waals surface area contributed by atoms with Crippen molar-refractivity contribution in [3.8, 4) is 0 Å². The van der Waals surface area contributed by atoms with Crippen LogP contribution in [0.1, 0.15) is 57.1 Å². The zero-order chi connectivity index (χ0) is 31.1. The summed E-state index contributed by atoms with van der Waals surface area (Å²) in [6.07, 6.45) is 1.45. The molecule has 2 amide bonds. The number of carbonyl (C=O) groups is 3. The number of ketones is 1. The van der Waals surface area contributed by atoms with Gasteiger partial charge in [0.15, 0.2) is 0 Å². The molecule has 0 unspecified atom stereocenters. The van der Waals surface area contributed by atoms with Gasteiger partial charge in [0.25, 0.3) is 0 Å². The second kappa shape index (κ2) is 13.6. The van der Waals surface area contributed by atoms with Gasteiger partial charge in [0.1, 0.15) is 23.6 Å². The van der Waals surface area contributed by atoms with Crippen LogP contribution in [0.15, 0.2) is 36.4 Å². The second-order valence-corrected chi connectivity index (χ2v) is 13.9. The molecule has 1 spiro atoms. The molecule has 240 valence electrons. The largest absolute Gasteiger partial charge is 0.387 e. The van der Waals surface area contributed by atoms with E-state index in [0.717, 1.165) is 5.56 Å². The summed E-state index contributed by atoms with van der Waals surface area (Å²) in [5, 5.41) is 16.1. The highest BCUT2D eigenvalue weighted by atomic mass is 35.5. The van der Waals surface area contributed by atoms with Crippen LogP contribution in [-0.4, -0.2) is 83.9 Å². The zero-order valence-electron chi connectivity index (χ0n) is 25.2. The van der Waals surface area contributed by atoms with Crippen LogP contribution < -0.4 is 10.6 Å². The highest BCUT2D eigenvalue weighted by Crippen LogP contribution is 2.57. The standard InChI is InChI=1S/C32H39Cl2FN4O4.ClH/c1-31(2,3)17-26-32(21-15-23(35)22(34)16-24(21)36-30(32)43)28(19-6-4-7-20(33)14-19)29(37-26)25(41)8-5-9-38-10-12-39(13-11-38)27(42)18-40;/h4,6-7,14-16,26,28-29,37,40H,5,8-13,17-18H2,1-3H3,(H,36,43);1H/t26-,28+,29+,32+;/m1./s1. The van der Waals surface area contributed by atoms with Crippen LogP contribution in [0.4, 0.5) is 10.1 Å². The molecule has 5 rings (SSSR count). The van der Waals surface area contributed by atoms with E-state index in [1.807, 2.05) is 6.07 Å². The van der Waals surface area contributed by atoms with Gasteiger partial charge in [0.2, 0.25) is 11.8 Å². The molecule has 44 heavy (non-hydrogen) atoms. The molecule has 0 aromatic heterocycles. The van der Waals surface area contributed by atoms with Gasteiger partial charge in [0.05, 0.1) is 11.1 Å². The highest BCUT2D eigenvalue weighted by Gasteiger charge is 2.65. The number of aliphatic hydroxyl groups is 1. The normalized spacial score (nSPS) is 25.1. The predicted molar refractivity (Wildman–Crippen MR) is 172 cm³/mol. The molecule has 0 aliphatic carbocycles. The first-order chi connectivity index (χ1) is 20.3. The van der Waals surface area contributed by atoms with E-state index in [1.165, 1.54) is 12.1 Å². The summed E-state index contributed by atoms with van der Waals surface area (Å²) in [6.45, 7) is 8.87. The van der Waals surface area contributed by atoms with Gasteiger partial charge in [0, 0.05) is 55.3 Å². The molecule has 3 N–H and O–H groups in total. The molecule has 2 saturated heterocycles. The lowest BCUT2D eigenvalue weighted by Gasteiger charge is -2.37. The van der Waals surface area contributed by atoms with Crippen molar-refractivity contribution in [3.63, 3.8) is 0 Å². The van der Waals surface area contributed by atoms with Crippen LogP contribution in [0.3, 0.4) is 0 Å². The van der Waals surface area contributed by atoms with Gasteiger partial charge in [-0.1, -0.05) is 56.1 Å². The molecule has 0 saturated carbocycles. The van der Waals surface area contributed by atoms with Crippen LogP contribution in [0.5, 0.6) is 0 Å². The lowest BCUT2D eigenvalue weighted by Crippen LogP contribution is -2.49. The van der Waals surface area contributed by atoms with Crippen molar-refractivity contribution >= 4 is 58.9 Å². The molecular formula is C32H40Cl3FN4O4. The number of nitrogens with zero attached hydrogens (tertiary/aromatic N) is 2. The van der Waals surface area contributed by atoms with Crippen LogP contribution >= 0.6 is 35.6 Å². The van der Waals surface area contributed by atoms with E-state index in [2.05, 4.69) is 36.3 Å². The molecule has 2 fully saturated rings. The van der Waals surface area contributed by atoms with Gasteiger partial charge in [-0.3, -0.25) is 19.3 Å². The smallest absolute Gasteiger partial charge is 0.248 e. The van der Waals surface area contributed by atoms with Gasteiger partial charge in [-0.25, -0.2) is 4.39 Å². The third kappa shape index (κ3) is 6.64. The fraction of sp³-hybridized carbons (Fsp3) is 0.531. The lowest BCUT2D eigenvalue weighted by molar-refractivity contribution is -0.135. The minimum absolute atomic E-state index is 0. The van der Waals surface area contributed by atoms with Crippen LogP contribution in [0.25, 0.3) is 0 Å². The summed E-state index contributed by atoms with van der Waals surface area (Å²) < 4.78 is 15.1. The maximum Gasteiger partial charge on any atom is 0.248 e. The second-order valence-electron chi connectivity index (χ2n) is 13.1. The van der Waals surface area contributed by atoms with Gasteiger partial charge >= 0.3 is 0 Å². The van der Waals surface area contributed by atoms with E-state index in [-0.39, 0.29) is 46.9 Å². The van der Waals surface area contributed by atoms with Crippen molar-refractivity contribution in [1.82, 2.24) is 15.1 Å². The van der Waals surface area contributed by atoms with Crippen molar-refractivity contribution in [1.29, 1.82) is 0 Å². The quantitative estimate of drug-likeness (QED) is 0.374. The van der Waals surface area contributed by atoms with Crippen LogP contribution in [-0.2, 0) is 19.8 Å². The number of hydrogen-bond donors (Lipinski definition) is 3. The Bertz CT molecular complexity index is 1410. The number of carbonyl (C=O) groups excluding carboxylic acids is 3. The Morgan fingerprint density at radius 2 is 1.82 bits per heavy atom. The number of anilines is 1. The molecule has 3 aliphatic heterocycles. The Hall–Kier alpha value is -2.27. The minimum atomic E-state index is -1.27. The highest BCUT2D eigenvalue weighted by molar-refractivity contribution is 6.31. The number of rotatable bonds is 8. The Morgan fingerprint density at radius 1 is 1.11 bits per heavy atom. The number of aliphatic hydroxyl groups excluding tert-OH is 1. The van der Waals surface area contributed by atoms with Crippen molar-refractivity contribution < 1.29 is 23.9 Å². The molecule has 12 heteroatoms. The van der Waals surface area contributed by atoms with Gasteiger partial charge < -0.3 is 20.6 Å². The third-order valence-corrected chi connectivity index (χ3v) is 9.54. The van der Waals surface area contributed by atoms with E-state index in [4.69, 9.17) is 28.3 Å². The van der Waals surface area contributed by atoms with E-state index >= 15 is 4.39 Å². The molecule has 3 heterocycles. The summed E-state index contributed by atoms with van der Waals surface area (Å²) in [4.78, 5) is 44.0. The predicted octanol–water partition coefficient (Wildman–Crippen LogP) is 4.79. The number of benzene rings is 2. The molecule has 4 atom stereocenters. The van der Waals surface area contributed by atoms with Gasteiger partial charge in [-0.15, -0.1) is 12.4 Å². The summed E-state index contributed by atoms with van der Waals surface area (Å²) in [5.74, 6) is -1.84. The minimum Gasteiger partial charge on any atom is -0.387 e. The maximum atomic E-state index is 15.1. The van der Waals surface area contributed by atoms with Crippen molar-refractivity contribution in [2.24, 2.45) is 5.41 Å². The first-order valence-corrected chi connectivity index (χ1v) is 15.6. The fourth-order valence-corrected chi connectivity index (χ4v) is 7.50. The summed E-state index contributed by atoms with van der Waals surface area (Å²) in [6, 6.07) is 8.85. The first-order valence-electron chi connectivity index (χ1n) is 14.8. The molecule has 3 aliphatic rings. The number of amides is 2. The first kappa shape index (κ1) is 34.6. The number of nitrogens with one attached hydrogen (secondary N) is 2. The van der Waals surface area contributed by atoms with E-state index in [9.17, 15) is 14.4 Å². The van der Waals surface area contributed by atoms with E-state index in [1.54, 1.807) is 23.1 Å². The maximum absolute atomic E-state index is 15.1. The average molecular weight is 670 g/mol. The molecular weight excluding hydrogens is 630 g/mol. The number of fused-ring (bicyclic) bond motifs is 2. The van der Waals surface area contributed by atoms with Crippen molar-refractivity contribution in [2.45, 2.75) is 63.5 Å². The van der Waals surface area contributed by atoms with Crippen LogP contribution in [0, 0.1) is 11.2 Å². The Labute approximate surface area is 274 Å². The monoisotopic (exact) mass is 668 g/mol. The van der Waals surface area contributed by atoms with E-state index < -0.39 is 35.8 Å². The number of piperazine rings is 1. The van der Waals surface area contributed by atoms with Crippen molar-refractivity contribution in [3.05, 3.63) is 63.4 Å². The zero-order valence-corrected chi connectivity index (χ0v) is 27.5. The van der Waals surface area contributed by atoms with Crippen LogP contribution in [0.2, 0.25) is 10.0 Å². The fourth-order valence-electron chi connectivity index (χ4n) is 7.14. The average Bonchev–Trinajstić information content (AvgIpc) is 3.42. The summed E-state index contributed by atoms with van der Waals surface area (Å²) >= 11 is 12.6. The Kier molecular flexibility index (Phi) is 10.7. The molecule has 0 bridgehead atoms.